The van der Waals surface area contributed by atoms with Crippen molar-refractivity contribution in [1.29, 1.82) is 0 Å². The molecule has 2 atom stereocenters. The van der Waals surface area contributed by atoms with Crippen molar-refractivity contribution in [3.05, 3.63) is 0 Å². The monoisotopic (exact) mass is 435 g/mol. The van der Waals surface area contributed by atoms with E-state index >= 15 is 0 Å². The zero-order valence-corrected chi connectivity index (χ0v) is 22.3. The number of rotatable bonds is 13. The Balaban J connectivity index is 4.52. The highest BCUT2D eigenvalue weighted by molar-refractivity contribution is 6.15. The molecule has 2 unspecified atom stereocenters. The van der Waals surface area contributed by atoms with E-state index in [-0.39, 0.29) is 34.1 Å². The first kappa shape index (κ1) is 30.0. The first-order valence-corrected chi connectivity index (χ1v) is 11.8. The average Bonchev–Trinajstić information content (AvgIpc) is 2.53. The molecule has 180 valence electrons. The summed E-state index contributed by atoms with van der Waals surface area (Å²) >= 11 is 0. The minimum absolute atomic E-state index is 0.00170. The van der Waals surface area contributed by atoms with E-state index in [0.29, 0.717) is 31.8 Å². The van der Waals surface area contributed by atoms with Gasteiger partial charge in [-0.05, 0) is 50.4 Å². The summed E-state index contributed by atoms with van der Waals surface area (Å²) in [4.78, 5) is 24.4. The fourth-order valence-corrected chi connectivity index (χ4v) is 4.09. The van der Waals surface area contributed by atoms with E-state index in [4.69, 9.17) is 7.85 Å². The first-order chi connectivity index (χ1) is 13.7. The summed E-state index contributed by atoms with van der Waals surface area (Å²) in [6.07, 6.45) is 2.10. The first-order valence-electron chi connectivity index (χ1n) is 11.8. The van der Waals surface area contributed by atoms with Gasteiger partial charge in [-0.15, -0.1) is 0 Å². The van der Waals surface area contributed by atoms with Gasteiger partial charge in [0.05, 0.1) is 7.85 Å². The zero-order valence-electron chi connectivity index (χ0n) is 22.3. The van der Waals surface area contributed by atoms with Gasteiger partial charge in [0.25, 0.3) is 0 Å². The van der Waals surface area contributed by atoms with E-state index < -0.39 is 5.31 Å². The fourth-order valence-electron chi connectivity index (χ4n) is 4.09. The van der Waals surface area contributed by atoms with Crippen LogP contribution < -0.4 is 16.0 Å². The van der Waals surface area contributed by atoms with Gasteiger partial charge in [-0.1, -0.05) is 60.7 Å². The standard InChI is InChI=1S/C25H50BN3O2/c1-18(2)21(31)28-17-25(11,26)15-23(7,8)13-20(30)27-14-19(3)12-24(9,10)16-29-22(4,5)6/h18-19,29H,12-17H2,1-11H3,(H,27,30)(H,28,31). The molecule has 0 aromatic carbocycles. The van der Waals surface area contributed by atoms with E-state index in [0.717, 1.165) is 13.0 Å². The smallest absolute Gasteiger partial charge is 0.222 e. The molecule has 0 aliphatic heterocycles. The molecule has 3 N–H and O–H groups in total. The molecule has 6 heteroatoms. The van der Waals surface area contributed by atoms with Crippen LogP contribution in [0, 0.1) is 22.7 Å². The summed E-state index contributed by atoms with van der Waals surface area (Å²) in [6, 6.07) is 0. The highest BCUT2D eigenvalue weighted by Gasteiger charge is 2.31. The van der Waals surface area contributed by atoms with Crippen LogP contribution in [0.4, 0.5) is 0 Å². The maximum absolute atomic E-state index is 12.6. The van der Waals surface area contributed by atoms with Crippen LogP contribution in [-0.4, -0.2) is 44.8 Å². The van der Waals surface area contributed by atoms with Gasteiger partial charge in [-0.2, -0.15) is 0 Å². The maximum Gasteiger partial charge on any atom is 0.222 e. The topological polar surface area (TPSA) is 70.2 Å². The Hall–Kier alpha value is -1.04. The van der Waals surface area contributed by atoms with Crippen LogP contribution in [0.5, 0.6) is 0 Å². The molecule has 2 radical (unpaired) electrons. The lowest BCUT2D eigenvalue weighted by molar-refractivity contribution is -0.125. The summed E-state index contributed by atoms with van der Waals surface area (Å²) in [5, 5.41) is 9.04. The summed E-state index contributed by atoms with van der Waals surface area (Å²) in [5.41, 5.74) is 0.0170. The average molecular weight is 436 g/mol. The zero-order chi connectivity index (χ0) is 24.7. The number of hydrogen-bond donors (Lipinski definition) is 3. The molecule has 5 nitrogen and oxygen atoms in total. The van der Waals surface area contributed by atoms with Crippen LogP contribution in [0.2, 0.25) is 5.31 Å². The van der Waals surface area contributed by atoms with Gasteiger partial charge in [0, 0.05) is 37.5 Å². The summed E-state index contributed by atoms with van der Waals surface area (Å²) < 4.78 is 0. The second-order valence-corrected chi connectivity index (χ2v) is 12.9. The Labute approximate surface area is 194 Å². The SMILES string of the molecule is [B]C(C)(CNC(=O)C(C)C)CC(C)(C)CC(=O)NCC(C)CC(C)(C)CNC(C)(C)C. The molecule has 0 saturated heterocycles. The van der Waals surface area contributed by atoms with Gasteiger partial charge in [0.15, 0.2) is 0 Å². The molecule has 31 heavy (non-hydrogen) atoms. The van der Waals surface area contributed by atoms with Crippen LogP contribution in [0.15, 0.2) is 0 Å². The van der Waals surface area contributed by atoms with Gasteiger partial charge < -0.3 is 16.0 Å². The van der Waals surface area contributed by atoms with Crippen LogP contribution in [0.25, 0.3) is 0 Å². The number of carbonyl (C=O) groups excluding carboxylic acids is 2. The lowest BCUT2D eigenvalue weighted by Gasteiger charge is -2.35. The molecule has 0 spiro atoms. The third kappa shape index (κ3) is 15.4. The number of carbonyl (C=O) groups is 2. The molecule has 0 aromatic rings. The summed E-state index contributed by atoms with van der Waals surface area (Å²) in [5.74, 6) is 0.395. The molecule has 0 heterocycles. The van der Waals surface area contributed by atoms with Crippen molar-refractivity contribution in [2.45, 2.75) is 106 Å². The Bertz CT molecular complexity index is 578. The lowest BCUT2D eigenvalue weighted by atomic mass is 9.61. The van der Waals surface area contributed by atoms with Gasteiger partial charge in [-0.25, -0.2) is 0 Å². The number of amides is 2. The highest BCUT2D eigenvalue weighted by Crippen LogP contribution is 2.38. The largest absolute Gasteiger partial charge is 0.356 e. The molecule has 0 aliphatic carbocycles. The van der Waals surface area contributed by atoms with Crippen molar-refractivity contribution in [3.8, 4) is 0 Å². The highest BCUT2D eigenvalue weighted by atomic mass is 16.2. The predicted molar refractivity (Wildman–Crippen MR) is 133 cm³/mol. The van der Waals surface area contributed by atoms with E-state index in [9.17, 15) is 9.59 Å². The van der Waals surface area contributed by atoms with Crippen molar-refractivity contribution in [2.24, 2.45) is 22.7 Å². The van der Waals surface area contributed by atoms with Crippen LogP contribution in [0.1, 0.15) is 95.4 Å². The van der Waals surface area contributed by atoms with E-state index in [1.165, 1.54) is 0 Å². The quantitative estimate of drug-likeness (QED) is 0.374. The van der Waals surface area contributed by atoms with Gasteiger partial charge in [0.2, 0.25) is 11.8 Å². The minimum atomic E-state index is -0.564. The normalized spacial score (nSPS) is 16.0. The van der Waals surface area contributed by atoms with Gasteiger partial charge >= 0.3 is 0 Å². The second-order valence-electron chi connectivity index (χ2n) is 12.9. The Morgan fingerprint density at radius 2 is 1.39 bits per heavy atom. The number of nitrogens with one attached hydrogen (secondary N) is 3. The second kappa shape index (κ2) is 11.7. The van der Waals surface area contributed by atoms with Crippen molar-refractivity contribution in [2.75, 3.05) is 19.6 Å². The third-order valence-electron chi connectivity index (χ3n) is 5.36. The lowest BCUT2D eigenvalue weighted by Crippen LogP contribution is -2.43. The minimum Gasteiger partial charge on any atom is -0.356 e. The Morgan fingerprint density at radius 1 is 0.839 bits per heavy atom. The van der Waals surface area contributed by atoms with Crippen molar-refractivity contribution < 1.29 is 9.59 Å². The molecule has 0 fully saturated rings. The molecule has 0 aliphatic rings. The van der Waals surface area contributed by atoms with E-state index in [1.807, 2.05) is 20.8 Å². The molecular formula is C25H50BN3O2. The van der Waals surface area contributed by atoms with Crippen molar-refractivity contribution in [1.82, 2.24) is 16.0 Å². The van der Waals surface area contributed by atoms with E-state index in [1.54, 1.807) is 0 Å². The Kier molecular flexibility index (Phi) is 11.3. The van der Waals surface area contributed by atoms with Gasteiger partial charge in [-0.3, -0.25) is 9.59 Å². The number of hydrogen-bond acceptors (Lipinski definition) is 3. The predicted octanol–water partition coefficient (Wildman–Crippen LogP) is 4.47. The molecule has 0 rings (SSSR count). The molecule has 0 saturated carbocycles. The molecule has 0 aromatic heterocycles. The van der Waals surface area contributed by atoms with Crippen LogP contribution in [-0.2, 0) is 9.59 Å². The summed E-state index contributed by atoms with van der Waals surface area (Å²) in [6.45, 7) is 25.1. The van der Waals surface area contributed by atoms with E-state index in [2.05, 4.69) is 71.3 Å². The van der Waals surface area contributed by atoms with Crippen LogP contribution >= 0.6 is 0 Å². The third-order valence-corrected chi connectivity index (χ3v) is 5.36. The van der Waals surface area contributed by atoms with Gasteiger partial charge in [0.1, 0.15) is 0 Å². The van der Waals surface area contributed by atoms with Crippen molar-refractivity contribution in [3.63, 3.8) is 0 Å². The fraction of sp³-hybridized carbons (Fsp3) is 0.920. The van der Waals surface area contributed by atoms with Crippen LogP contribution in [0.3, 0.4) is 0 Å². The molecule has 2 amide bonds. The Morgan fingerprint density at radius 3 is 1.87 bits per heavy atom. The molecular weight excluding hydrogens is 385 g/mol. The van der Waals surface area contributed by atoms with Crippen molar-refractivity contribution >= 4 is 19.7 Å². The summed E-state index contributed by atoms with van der Waals surface area (Å²) in [7, 11) is 6.43. The maximum atomic E-state index is 12.6. The molecule has 0 bridgehead atoms.